The van der Waals surface area contributed by atoms with Crippen LogP contribution in [0.15, 0.2) is 52.4 Å². The molecule has 6 heteroatoms. The van der Waals surface area contributed by atoms with E-state index in [1.807, 2.05) is 13.0 Å². The third kappa shape index (κ3) is 3.52. The number of rotatable bonds is 3. The molecule has 0 saturated heterocycles. The fourth-order valence-electron chi connectivity index (χ4n) is 2.38. The van der Waals surface area contributed by atoms with Gasteiger partial charge in [-0.2, -0.15) is 5.26 Å². The number of fused-ring (bicyclic) bond motifs is 1. The average Bonchev–Trinajstić information content (AvgIpc) is 2.89. The molecule has 1 aromatic heterocycles. The number of amides is 1. The van der Waals surface area contributed by atoms with E-state index in [-0.39, 0.29) is 5.57 Å². The molecule has 3 rings (SSSR count). The molecule has 0 aliphatic carbocycles. The van der Waals surface area contributed by atoms with E-state index < -0.39 is 15.4 Å². The summed E-state index contributed by atoms with van der Waals surface area (Å²) in [6.45, 7) is 1.86. The van der Waals surface area contributed by atoms with Gasteiger partial charge in [-0.1, -0.05) is 12.1 Å². The standard InChI is InChI=1S/C19H15N3O2S/c1-13-3-4-14(12-21-13)9-16(11-20)19(23)22-17-6-5-15-7-8-25(2,24)18(15)10-17/h3-10,12H,2H2,1H3,(H,22,23)/b16-9+. The van der Waals surface area contributed by atoms with Gasteiger partial charge >= 0.3 is 0 Å². The highest BCUT2D eigenvalue weighted by atomic mass is 32.2. The number of aromatic nitrogens is 1. The van der Waals surface area contributed by atoms with E-state index in [2.05, 4.69) is 16.2 Å². The first-order chi connectivity index (χ1) is 11.9. The number of benzene rings is 1. The zero-order valence-corrected chi connectivity index (χ0v) is 14.3. The number of anilines is 1. The maximum Gasteiger partial charge on any atom is 0.266 e. The molecular weight excluding hydrogens is 334 g/mol. The number of carbonyl (C=O) groups is 1. The van der Waals surface area contributed by atoms with Crippen molar-refractivity contribution in [3.63, 3.8) is 0 Å². The minimum absolute atomic E-state index is 0.0420. The molecule has 0 radical (unpaired) electrons. The van der Waals surface area contributed by atoms with Gasteiger partial charge in [0.25, 0.3) is 5.91 Å². The normalized spacial score (nSPS) is 18.5. The number of hydrogen-bond donors (Lipinski definition) is 1. The lowest BCUT2D eigenvalue weighted by Crippen LogP contribution is -2.13. The largest absolute Gasteiger partial charge is 0.321 e. The summed E-state index contributed by atoms with van der Waals surface area (Å²) in [5.74, 6) is 3.17. The van der Waals surface area contributed by atoms with Gasteiger partial charge in [0.15, 0.2) is 0 Å². The summed E-state index contributed by atoms with van der Waals surface area (Å²) >= 11 is 0. The smallest absolute Gasteiger partial charge is 0.266 e. The van der Waals surface area contributed by atoms with Gasteiger partial charge in [0.05, 0.1) is 0 Å². The van der Waals surface area contributed by atoms with Crippen LogP contribution in [0.2, 0.25) is 0 Å². The van der Waals surface area contributed by atoms with Gasteiger partial charge in [-0.25, -0.2) is 0 Å². The van der Waals surface area contributed by atoms with Crippen LogP contribution < -0.4 is 5.32 Å². The summed E-state index contributed by atoms with van der Waals surface area (Å²) in [5, 5.41) is 13.5. The average molecular weight is 349 g/mol. The quantitative estimate of drug-likeness (QED) is 0.524. The van der Waals surface area contributed by atoms with E-state index in [9.17, 15) is 14.3 Å². The van der Waals surface area contributed by atoms with Gasteiger partial charge in [-0.15, -0.1) is 0 Å². The highest BCUT2D eigenvalue weighted by Crippen LogP contribution is 2.29. The lowest BCUT2D eigenvalue weighted by Gasteiger charge is -2.08. The monoisotopic (exact) mass is 349 g/mol. The second-order valence-electron chi connectivity index (χ2n) is 5.64. The third-order valence-electron chi connectivity index (χ3n) is 3.72. The lowest BCUT2D eigenvalue weighted by molar-refractivity contribution is -0.112. The molecule has 0 fully saturated rings. The van der Waals surface area contributed by atoms with E-state index in [1.54, 1.807) is 48.0 Å². The Hall–Kier alpha value is -3.17. The van der Waals surface area contributed by atoms with Gasteiger partial charge in [-0.05, 0) is 59.7 Å². The van der Waals surface area contributed by atoms with Crippen molar-refractivity contribution >= 4 is 39.1 Å². The van der Waals surface area contributed by atoms with Crippen LogP contribution in [0.1, 0.15) is 16.8 Å². The van der Waals surface area contributed by atoms with Crippen LogP contribution in [0.4, 0.5) is 5.69 Å². The SMILES string of the molecule is C=S1(=O)C=Cc2ccc(NC(=O)/C(C#N)=C/c3ccc(C)nc3)cc21. The summed E-state index contributed by atoms with van der Waals surface area (Å²) in [6.07, 6.45) is 4.82. The first-order valence-electron chi connectivity index (χ1n) is 7.44. The maximum absolute atomic E-state index is 12.4. The minimum atomic E-state index is -2.46. The van der Waals surface area contributed by atoms with Crippen LogP contribution in [0.5, 0.6) is 0 Å². The number of nitrogens with one attached hydrogen (secondary N) is 1. The van der Waals surface area contributed by atoms with E-state index in [1.165, 1.54) is 6.08 Å². The summed E-state index contributed by atoms with van der Waals surface area (Å²) in [6, 6.07) is 10.6. The van der Waals surface area contributed by atoms with Crippen molar-refractivity contribution in [2.75, 3.05) is 5.32 Å². The lowest BCUT2D eigenvalue weighted by atomic mass is 10.1. The molecule has 0 saturated carbocycles. The molecule has 1 aromatic carbocycles. The number of pyridine rings is 1. The Morgan fingerprint density at radius 2 is 2.16 bits per heavy atom. The van der Waals surface area contributed by atoms with E-state index in [0.29, 0.717) is 16.1 Å². The molecule has 1 N–H and O–H groups in total. The van der Waals surface area contributed by atoms with E-state index >= 15 is 0 Å². The van der Waals surface area contributed by atoms with Crippen LogP contribution in [0.3, 0.4) is 0 Å². The van der Waals surface area contributed by atoms with Crippen molar-refractivity contribution in [3.8, 4) is 6.07 Å². The number of hydrogen-bond acceptors (Lipinski definition) is 4. The molecule has 2 aromatic rings. The minimum Gasteiger partial charge on any atom is -0.321 e. The van der Waals surface area contributed by atoms with Crippen LogP contribution >= 0.6 is 0 Å². The summed E-state index contributed by atoms with van der Waals surface area (Å²) in [5.41, 5.74) is 2.76. The molecule has 0 spiro atoms. The molecule has 1 aliphatic rings. The highest BCUT2D eigenvalue weighted by molar-refractivity contribution is 8.03. The van der Waals surface area contributed by atoms with Crippen LogP contribution in [0.25, 0.3) is 12.2 Å². The summed E-state index contributed by atoms with van der Waals surface area (Å²) in [7, 11) is -2.46. The zero-order valence-electron chi connectivity index (χ0n) is 13.5. The van der Waals surface area contributed by atoms with Crippen LogP contribution in [0, 0.1) is 18.3 Å². The molecule has 1 amide bonds. The van der Waals surface area contributed by atoms with Crippen molar-refractivity contribution in [1.29, 1.82) is 5.26 Å². The molecule has 2 heterocycles. The second-order valence-corrected chi connectivity index (χ2v) is 7.80. The topological polar surface area (TPSA) is 82.9 Å². The zero-order chi connectivity index (χ0) is 18.0. The Labute approximate surface area is 146 Å². The number of aryl methyl sites for hydroxylation is 1. The number of carbonyl (C=O) groups excluding carboxylic acids is 1. The van der Waals surface area contributed by atoms with Gasteiger partial charge in [0.2, 0.25) is 0 Å². The summed E-state index contributed by atoms with van der Waals surface area (Å²) in [4.78, 5) is 17.1. The van der Waals surface area contributed by atoms with E-state index in [0.717, 1.165) is 11.3 Å². The van der Waals surface area contributed by atoms with Gasteiger partial charge in [-0.3, -0.25) is 14.0 Å². The fourth-order valence-corrected chi connectivity index (χ4v) is 3.76. The van der Waals surface area contributed by atoms with Crippen LogP contribution in [-0.4, -0.2) is 21.0 Å². The Balaban J connectivity index is 1.84. The molecule has 124 valence electrons. The second kappa shape index (κ2) is 6.38. The molecule has 5 nitrogen and oxygen atoms in total. The first-order valence-corrected chi connectivity index (χ1v) is 9.23. The van der Waals surface area contributed by atoms with E-state index in [4.69, 9.17) is 0 Å². The molecule has 1 unspecified atom stereocenters. The van der Waals surface area contributed by atoms with Gasteiger partial charge < -0.3 is 5.32 Å². The molecule has 25 heavy (non-hydrogen) atoms. The van der Waals surface area contributed by atoms with Crippen molar-refractivity contribution in [1.82, 2.24) is 4.98 Å². The van der Waals surface area contributed by atoms with Crippen molar-refractivity contribution in [2.24, 2.45) is 0 Å². The Kier molecular flexibility index (Phi) is 4.26. The third-order valence-corrected chi connectivity index (χ3v) is 5.40. The fraction of sp³-hybridized carbons (Fsp3) is 0.0526. The van der Waals surface area contributed by atoms with Crippen molar-refractivity contribution < 1.29 is 9.00 Å². The highest BCUT2D eigenvalue weighted by Gasteiger charge is 2.17. The Morgan fingerprint density at radius 1 is 1.36 bits per heavy atom. The molecule has 0 bridgehead atoms. The Morgan fingerprint density at radius 3 is 2.84 bits per heavy atom. The van der Waals surface area contributed by atoms with Crippen molar-refractivity contribution in [2.45, 2.75) is 11.8 Å². The van der Waals surface area contributed by atoms with Crippen molar-refractivity contribution in [3.05, 3.63) is 64.3 Å². The molecular formula is C19H15N3O2S. The number of nitrogens with zero attached hydrogens (tertiary/aromatic N) is 2. The van der Waals surface area contributed by atoms with Crippen LogP contribution in [-0.2, 0) is 14.3 Å². The maximum atomic E-state index is 12.4. The molecule has 1 atom stereocenters. The molecule has 1 aliphatic heterocycles. The predicted octanol–water partition coefficient (Wildman–Crippen LogP) is 3.00. The van der Waals surface area contributed by atoms with Gasteiger partial charge in [0, 0.05) is 32.0 Å². The summed E-state index contributed by atoms with van der Waals surface area (Å²) < 4.78 is 12.3. The number of nitriles is 1. The van der Waals surface area contributed by atoms with Gasteiger partial charge in [0.1, 0.15) is 11.6 Å². The predicted molar refractivity (Wildman–Crippen MR) is 100 cm³/mol. The first kappa shape index (κ1) is 16.7. The Bertz CT molecular complexity index is 1060.